The van der Waals surface area contributed by atoms with Crippen LogP contribution in [0, 0.1) is 5.92 Å². The van der Waals surface area contributed by atoms with Crippen LogP contribution in [-0.4, -0.2) is 43.6 Å². The molecule has 1 aliphatic heterocycles. The summed E-state index contributed by atoms with van der Waals surface area (Å²) in [7, 11) is 0. The van der Waals surface area contributed by atoms with Gasteiger partial charge in [-0.1, -0.05) is 6.07 Å². The molecule has 0 radical (unpaired) electrons. The molecule has 1 aromatic rings. The molecule has 1 atom stereocenters. The highest BCUT2D eigenvalue weighted by atomic mass is 19.4. The summed E-state index contributed by atoms with van der Waals surface area (Å²) in [5, 5.41) is 5.27. The van der Waals surface area contributed by atoms with Gasteiger partial charge in [-0.25, -0.2) is 9.78 Å². The van der Waals surface area contributed by atoms with E-state index >= 15 is 0 Å². The number of amides is 2. The standard InChI is InChI=1S/C14H18F3N3O3/c15-14(16,17)9-23-12-11(2-1-4-18-12)7-20-13(21)19-6-10-3-5-22-8-10/h1-2,4,10H,3,5-9H2,(H2,19,20,21). The summed E-state index contributed by atoms with van der Waals surface area (Å²) in [6, 6.07) is 2.71. The topological polar surface area (TPSA) is 72.5 Å². The number of nitrogens with zero attached hydrogens (tertiary/aromatic N) is 1. The van der Waals surface area contributed by atoms with Crippen molar-refractivity contribution >= 4 is 6.03 Å². The van der Waals surface area contributed by atoms with E-state index < -0.39 is 18.8 Å². The van der Waals surface area contributed by atoms with Crippen LogP contribution in [-0.2, 0) is 11.3 Å². The third-order valence-corrected chi connectivity index (χ3v) is 3.24. The first-order valence-electron chi connectivity index (χ1n) is 7.17. The monoisotopic (exact) mass is 333 g/mol. The molecule has 9 heteroatoms. The number of nitrogens with one attached hydrogen (secondary N) is 2. The van der Waals surface area contributed by atoms with E-state index in [0.29, 0.717) is 31.2 Å². The Hall–Kier alpha value is -2.03. The quantitative estimate of drug-likeness (QED) is 0.833. The molecular formula is C14H18F3N3O3. The molecule has 0 aromatic carbocycles. The number of hydrogen-bond acceptors (Lipinski definition) is 4. The molecule has 1 aromatic heterocycles. The highest BCUT2D eigenvalue weighted by molar-refractivity contribution is 5.73. The fourth-order valence-corrected chi connectivity index (χ4v) is 2.06. The van der Waals surface area contributed by atoms with Crippen LogP contribution in [0.5, 0.6) is 5.88 Å². The average molecular weight is 333 g/mol. The van der Waals surface area contributed by atoms with Gasteiger partial charge in [0.1, 0.15) is 0 Å². The summed E-state index contributed by atoms with van der Waals surface area (Å²) in [4.78, 5) is 15.5. The lowest BCUT2D eigenvalue weighted by molar-refractivity contribution is -0.154. The van der Waals surface area contributed by atoms with Gasteiger partial charge in [-0.05, 0) is 12.5 Å². The summed E-state index contributed by atoms with van der Waals surface area (Å²) in [5.74, 6) is 0.152. The largest absolute Gasteiger partial charge is 0.468 e. The summed E-state index contributed by atoms with van der Waals surface area (Å²) in [5.41, 5.74) is 0.371. The molecule has 2 N–H and O–H groups in total. The molecule has 0 spiro atoms. The minimum Gasteiger partial charge on any atom is -0.468 e. The van der Waals surface area contributed by atoms with Crippen LogP contribution >= 0.6 is 0 Å². The summed E-state index contributed by atoms with van der Waals surface area (Å²) in [6.07, 6.45) is -2.21. The second-order valence-corrected chi connectivity index (χ2v) is 5.16. The fourth-order valence-electron chi connectivity index (χ4n) is 2.06. The first kappa shape index (κ1) is 17.3. The van der Waals surface area contributed by atoms with Gasteiger partial charge in [0.2, 0.25) is 5.88 Å². The maximum Gasteiger partial charge on any atom is 0.422 e. The Labute approximate surface area is 131 Å². The second kappa shape index (κ2) is 8.00. The van der Waals surface area contributed by atoms with Crippen molar-refractivity contribution in [2.24, 2.45) is 5.92 Å². The molecule has 2 amide bonds. The molecule has 2 rings (SSSR count). The Morgan fingerprint density at radius 1 is 1.43 bits per heavy atom. The fraction of sp³-hybridized carbons (Fsp3) is 0.571. The van der Waals surface area contributed by atoms with E-state index in [1.165, 1.54) is 6.20 Å². The number of alkyl halides is 3. The van der Waals surface area contributed by atoms with Crippen LogP contribution in [0.1, 0.15) is 12.0 Å². The highest BCUT2D eigenvalue weighted by Crippen LogP contribution is 2.19. The van der Waals surface area contributed by atoms with Crippen molar-refractivity contribution in [2.75, 3.05) is 26.4 Å². The van der Waals surface area contributed by atoms with Crippen molar-refractivity contribution in [2.45, 2.75) is 19.1 Å². The molecule has 1 aliphatic rings. The Morgan fingerprint density at radius 3 is 2.96 bits per heavy atom. The zero-order valence-corrected chi connectivity index (χ0v) is 12.4. The first-order valence-corrected chi connectivity index (χ1v) is 7.17. The maximum atomic E-state index is 12.2. The minimum absolute atomic E-state index is 0.0219. The lowest BCUT2D eigenvalue weighted by Crippen LogP contribution is -2.38. The zero-order valence-electron chi connectivity index (χ0n) is 12.4. The number of pyridine rings is 1. The third-order valence-electron chi connectivity index (χ3n) is 3.24. The Morgan fingerprint density at radius 2 is 2.26 bits per heavy atom. The van der Waals surface area contributed by atoms with Gasteiger partial charge in [-0.3, -0.25) is 0 Å². The molecule has 23 heavy (non-hydrogen) atoms. The van der Waals surface area contributed by atoms with Crippen molar-refractivity contribution in [3.05, 3.63) is 23.9 Å². The number of rotatable bonds is 6. The van der Waals surface area contributed by atoms with Gasteiger partial charge in [0.05, 0.1) is 6.61 Å². The SMILES string of the molecule is O=C(NCc1cccnc1OCC(F)(F)F)NCC1CCOC1. The molecule has 0 aliphatic carbocycles. The number of aromatic nitrogens is 1. The highest BCUT2D eigenvalue weighted by Gasteiger charge is 2.29. The van der Waals surface area contributed by atoms with E-state index in [0.717, 1.165) is 6.42 Å². The molecule has 1 fully saturated rings. The van der Waals surface area contributed by atoms with Gasteiger partial charge in [-0.2, -0.15) is 13.2 Å². The minimum atomic E-state index is -4.44. The molecule has 1 saturated heterocycles. The zero-order chi connectivity index (χ0) is 16.7. The maximum absolute atomic E-state index is 12.2. The number of halogens is 3. The van der Waals surface area contributed by atoms with Crippen molar-refractivity contribution < 1.29 is 27.4 Å². The van der Waals surface area contributed by atoms with Crippen LogP contribution in [0.3, 0.4) is 0 Å². The van der Waals surface area contributed by atoms with Gasteiger partial charge >= 0.3 is 12.2 Å². The van der Waals surface area contributed by atoms with Crippen molar-refractivity contribution in [1.82, 2.24) is 15.6 Å². The van der Waals surface area contributed by atoms with E-state index in [-0.39, 0.29) is 12.4 Å². The predicted octanol–water partition coefficient (Wildman–Crippen LogP) is 1.86. The van der Waals surface area contributed by atoms with Gasteiger partial charge in [-0.15, -0.1) is 0 Å². The van der Waals surface area contributed by atoms with Crippen LogP contribution in [0.2, 0.25) is 0 Å². The molecular weight excluding hydrogens is 315 g/mol. The summed E-state index contributed by atoms with van der Waals surface area (Å²) in [6.45, 7) is 0.414. The first-order chi connectivity index (χ1) is 10.9. The van der Waals surface area contributed by atoms with Crippen LogP contribution in [0.15, 0.2) is 18.3 Å². The lowest BCUT2D eigenvalue weighted by atomic mass is 10.1. The van der Waals surface area contributed by atoms with Crippen molar-refractivity contribution in [1.29, 1.82) is 0 Å². The predicted molar refractivity (Wildman–Crippen MR) is 75.0 cm³/mol. The smallest absolute Gasteiger partial charge is 0.422 e. The Balaban J connectivity index is 1.78. The number of carbonyl (C=O) groups is 1. The van der Waals surface area contributed by atoms with Crippen LogP contribution in [0.4, 0.5) is 18.0 Å². The number of carbonyl (C=O) groups excluding carboxylic acids is 1. The van der Waals surface area contributed by atoms with Crippen LogP contribution < -0.4 is 15.4 Å². The average Bonchev–Trinajstić information content (AvgIpc) is 3.02. The molecule has 1 unspecified atom stereocenters. The summed E-state index contributed by atoms with van der Waals surface area (Å²) >= 11 is 0. The summed E-state index contributed by atoms with van der Waals surface area (Å²) < 4.78 is 46.4. The van der Waals surface area contributed by atoms with Gasteiger partial charge in [0.15, 0.2) is 6.61 Å². The Kier molecular flexibility index (Phi) is 6.03. The van der Waals surface area contributed by atoms with Crippen molar-refractivity contribution in [3.63, 3.8) is 0 Å². The van der Waals surface area contributed by atoms with Crippen LogP contribution in [0.25, 0.3) is 0 Å². The molecule has 128 valence electrons. The Bertz CT molecular complexity index is 519. The molecule has 2 heterocycles. The third kappa shape index (κ3) is 6.31. The molecule has 0 bridgehead atoms. The van der Waals surface area contributed by atoms with E-state index in [2.05, 4.69) is 20.4 Å². The van der Waals surface area contributed by atoms with E-state index in [1.807, 2.05) is 0 Å². The second-order valence-electron chi connectivity index (χ2n) is 5.16. The van der Waals surface area contributed by atoms with Gasteiger partial charge < -0.3 is 20.1 Å². The van der Waals surface area contributed by atoms with Gasteiger partial charge in [0.25, 0.3) is 0 Å². The van der Waals surface area contributed by atoms with Gasteiger partial charge in [0, 0.05) is 37.4 Å². The normalized spacial score (nSPS) is 17.8. The molecule has 0 saturated carbocycles. The number of hydrogen-bond donors (Lipinski definition) is 2. The van der Waals surface area contributed by atoms with E-state index in [4.69, 9.17) is 4.74 Å². The lowest BCUT2D eigenvalue weighted by Gasteiger charge is -2.13. The van der Waals surface area contributed by atoms with E-state index in [1.54, 1.807) is 12.1 Å². The van der Waals surface area contributed by atoms with E-state index in [9.17, 15) is 18.0 Å². The van der Waals surface area contributed by atoms with Crippen molar-refractivity contribution in [3.8, 4) is 5.88 Å². The molecule has 6 nitrogen and oxygen atoms in total. The number of urea groups is 1. The number of ether oxygens (including phenoxy) is 2.